The van der Waals surface area contributed by atoms with Crippen LogP contribution in [0.5, 0.6) is 0 Å². The van der Waals surface area contributed by atoms with Crippen LogP contribution in [0.15, 0.2) is 0 Å². The number of rotatable bonds is 6. The first-order chi connectivity index (χ1) is 8.66. The summed E-state index contributed by atoms with van der Waals surface area (Å²) in [5, 5.41) is 3.53. The van der Waals surface area contributed by atoms with Gasteiger partial charge >= 0.3 is 0 Å². The molecule has 0 aromatic rings. The molecule has 2 saturated heterocycles. The topological polar surface area (TPSA) is 27.7 Å². The van der Waals surface area contributed by atoms with Crippen LogP contribution in [0.4, 0.5) is 0 Å². The van der Waals surface area contributed by atoms with Gasteiger partial charge in [-0.2, -0.15) is 0 Å². The SMILES string of the molecule is CC1CN(CCNCC2CCCO2)CC1N(C)C. The molecule has 0 bridgehead atoms. The maximum Gasteiger partial charge on any atom is 0.0700 e. The molecule has 0 aromatic heterocycles. The molecule has 2 fully saturated rings. The monoisotopic (exact) mass is 255 g/mol. The van der Waals surface area contributed by atoms with Crippen LogP contribution >= 0.6 is 0 Å². The summed E-state index contributed by atoms with van der Waals surface area (Å²) in [6.45, 7) is 9.07. The predicted molar refractivity (Wildman–Crippen MR) is 74.9 cm³/mol. The average Bonchev–Trinajstić information content (AvgIpc) is 2.94. The van der Waals surface area contributed by atoms with E-state index in [1.807, 2.05) is 0 Å². The molecule has 4 nitrogen and oxygen atoms in total. The minimum absolute atomic E-state index is 0.469. The van der Waals surface area contributed by atoms with Gasteiger partial charge in [-0.25, -0.2) is 0 Å². The Bertz CT molecular complexity index is 241. The minimum atomic E-state index is 0.469. The summed E-state index contributed by atoms with van der Waals surface area (Å²) in [5.74, 6) is 0.790. The van der Waals surface area contributed by atoms with Gasteiger partial charge in [-0.3, -0.25) is 0 Å². The van der Waals surface area contributed by atoms with Crippen molar-refractivity contribution in [3.05, 3.63) is 0 Å². The second-order valence-corrected chi connectivity index (χ2v) is 6.11. The van der Waals surface area contributed by atoms with Crippen LogP contribution < -0.4 is 5.32 Å². The lowest BCUT2D eigenvalue weighted by Gasteiger charge is -2.22. The summed E-state index contributed by atoms with van der Waals surface area (Å²) >= 11 is 0. The summed E-state index contributed by atoms with van der Waals surface area (Å²) < 4.78 is 5.61. The fraction of sp³-hybridized carbons (Fsp3) is 1.00. The lowest BCUT2D eigenvalue weighted by atomic mass is 10.1. The molecular weight excluding hydrogens is 226 g/mol. The van der Waals surface area contributed by atoms with E-state index in [9.17, 15) is 0 Å². The van der Waals surface area contributed by atoms with Crippen LogP contribution in [-0.4, -0.2) is 75.4 Å². The predicted octanol–water partition coefficient (Wildman–Crippen LogP) is 0.637. The van der Waals surface area contributed by atoms with Crippen molar-refractivity contribution >= 4 is 0 Å². The van der Waals surface area contributed by atoms with Gasteiger partial charge in [0.1, 0.15) is 0 Å². The van der Waals surface area contributed by atoms with E-state index in [0.717, 1.165) is 31.7 Å². The van der Waals surface area contributed by atoms with Gasteiger partial charge in [0, 0.05) is 45.4 Å². The smallest absolute Gasteiger partial charge is 0.0700 e. The Hall–Kier alpha value is -0.160. The van der Waals surface area contributed by atoms with E-state index in [2.05, 4.69) is 36.1 Å². The molecule has 4 heteroatoms. The quantitative estimate of drug-likeness (QED) is 0.705. The maximum atomic E-state index is 5.61. The van der Waals surface area contributed by atoms with Gasteiger partial charge in [0.05, 0.1) is 6.10 Å². The van der Waals surface area contributed by atoms with Crippen molar-refractivity contribution < 1.29 is 4.74 Å². The highest BCUT2D eigenvalue weighted by Crippen LogP contribution is 2.19. The molecule has 3 unspecified atom stereocenters. The van der Waals surface area contributed by atoms with Gasteiger partial charge in [0.2, 0.25) is 0 Å². The Labute approximate surface area is 112 Å². The van der Waals surface area contributed by atoms with E-state index in [1.165, 1.54) is 32.5 Å². The molecule has 2 rings (SSSR count). The summed E-state index contributed by atoms with van der Waals surface area (Å²) in [6, 6.07) is 0.725. The number of ether oxygens (including phenoxy) is 1. The molecule has 0 saturated carbocycles. The van der Waals surface area contributed by atoms with Crippen molar-refractivity contribution in [2.75, 3.05) is 53.4 Å². The lowest BCUT2D eigenvalue weighted by molar-refractivity contribution is 0.109. The van der Waals surface area contributed by atoms with Crippen LogP contribution in [0, 0.1) is 5.92 Å². The van der Waals surface area contributed by atoms with E-state index in [1.54, 1.807) is 0 Å². The van der Waals surface area contributed by atoms with E-state index in [-0.39, 0.29) is 0 Å². The number of likely N-dealkylation sites (tertiary alicyclic amines) is 1. The molecule has 0 radical (unpaired) electrons. The van der Waals surface area contributed by atoms with E-state index < -0.39 is 0 Å². The summed E-state index contributed by atoms with van der Waals surface area (Å²) in [5.41, 5.74) is 0. The van der Waals surface area contributed by atoms with Crippen LogP contribution in [0.25, 0.3) is 0 Å². The molecule has 0 amide bonds. The normalized spacial score (nSPS) is 33.7. The first kappa shape index (κ1) is 14.3. The van der Waals surface area contributed by atoms with Crippen molar-refractivity contribution in [1.82, 2.24) is 15.1 Å². The molecule has 2 heterocycles. The number of hydrogen-bond donors (Lipinski definition) is 1. The summed E-state index contributed by atoms with van der Waals surface area (Å²) in [6.07, 6.45) is 2.94. The van der Waals surface area contributed by atoms with Crippen molar-refractivity contribution in [2.24, 2.45) is 5.92 Å². The molecule has 2 aliphatic heterocycles. The third kappa shape index (κ3) is 3.92. The van der Waals surface area contributed by atoms with Gasteiger partial charge in [0.15, 0.2) is 0 Å². The van der Waals surface area contributed by atoms with E-state index >= 15 is 0 Å². The first-order valence-electron chi connectivity index (χ1n) is 7.38. The Balaban J connectivity index is 1.57. The zero-order valence-corrected chi connectivity index (χ0v) is 12.2. The third-order valence-electron chi connectivity index (χ3n) is 4.31. The van der Waals surface area contributed by atoms with Crippen LogP contribution in [0.2, 0.25) is 0 Å². The average molecular weight is 255 g/mol. The number of hydrogen-bond acceptors (Lipinski definition) is 4. The third-order valence-corrected chi connectivity index (χ3v) is 4.31. The van der Waals surface area contributed by atoms with Crippen molar-refractivity contribution in [2.45, 2.75) is 31.9 Å². The van der Waals surface area contributed by atoms with Crippen molar-refractivity contribution in [3.63, 3.8) is 0 Å². The molecule has 3 atom stereocenters. The van der Waals surface area contributed by atoms with Crippen molar-refractivity contribution in [3.8, 4) is 0 Å². The zero-order valence-electron chi connectivity index (χ0n) is 12.2. The Morgan fingerprint density at radius 1 is 1.33 bits per heavy atom. The van der Waals surface area contributed by atoms with Gasteiger partial charge in [-0.1, -0.05) is 6.92 Å². The lowest BCUT2D eigenvalue weighted by Crippen LogP contribution is -2.37. The number of likely N-dealkylation sites (N-methyl/N-ethyl adjacent to an activating group) is 1. The second kappa shape index (κ2) is 6.85. The molecule has 1 N–H and O–H groups in total. The Morgan fingerprint density at radius 3 is 2.78 bits per heavy atom. The van der Waals surface area contributed by atoms with Gasteiger partial charge in [0.25, 0.3) is 0 Å². The maximum absolute atomic E-state index is 5.61. The van der Waals surface area contributed by atoms with Gasteiger partial charge < -0.3 is 19.9 Å². The highest BCUT2D eigenvalue weighted by molar-refractivity contribution is 4.86. The van der Waals surface area contributed by atoms with Gasteiger partial charge in [-0.15, -0.1) is 0 Å². The summed E-state index contributed by atoms with van der Waals surface area (Å²) in [7, 11) is 4.39. The molecule has 106 valence electrons. The standard InChI is InChI=1S/C14H29N3O/c1-12-10-17(11-14(12)16(2)3)7-6-15-9-13-5-4-8-18-13/h12-15H,4-11H2,1-3H3. The Kier molecular flexibility index (Phi) is 5.42. The fourth-order valence-electron chi connectivity index (χ4n) is 3.21. The van der Waals surface area contributed by atoms with Crippen LogP contribution in [-0.2, 0) is 4.74 Å². The first-order valence-corrected chi connectivity index (χ1v) is 7.38. The second-order valence-electron chi connectivity index (χ2n) is 6.11. The Morgan fingerprint density at radius 2 is 2.17 bits per heavy atom. The zero-order chi connectivity index (χ0) is 13.0. The van der Waals surface area contributed by atoms with Crippen molar-refractivity contribution in [1.29, 1.82) is 0 Å². The fourth-order valence-corrected chi connectivity index (χ4v) is 3.21. The van der Waals surface area contributed by atoms with Gasteiger partial charge in [-0.05, 0) is 32.9 Å². The molecule has 0 aromatic carbocycles. The largest absolute Gasteiger partial charge is 0.377 e. The molecular formula is C14H29N3O. The molecule has 0 spiro atoms. The minimum Gasteiger partial charge on any atom is -0.377 e. The molecule has 2 aliphatic rings. The van der Waals surface area contributed by atoms with Crippen LogP contribution in [0.1, 0.15) is 19.8 Å². The molecule has 18 heavy (non-hydrogen) atoms. The number of nitrogens with zero attached hydrogens (tertiary/aromatic N) is 2. The summed E-state index contributed by atoms with van der Waals surface area (Å²) in [4.78, 5) is 4.95. The van der Waals surface area contributed by atoms with E-state index in [0.29, 0.717) is 6.10 Å². The molecule has 0 aliphatic carbocycles. The van der Waals surface area contributed by atoms with E-state index in [4.69, 9.17) is 4.74 Å². The van der Waals surface area contributed by atoms with Crippen LogP contribution in [0.3, 0.4) is 0 Å². The highest BCUT2D eigenvalue weighted by Gasteiger charge is 2.30. The number of nitrogens with one attached hydrogen (secondary N) is 1. The highest BCUT2D eigenvalue weighted by atomic mass is 16.5.